The van der Waals surface area contributed by atoms with Crippen LogP contribution in [-0.2, 0) is 12.8 Å². The van der Waals surface area contributed by atoms with Crippen LogP contribution >= 0.6 is 0 Å². The molecule has 0 unspecified atom stereocenters. The second-order valence-corrected chi connectivity index (χ2v) is 8.35. The summed E-state index contributed by atoms with van der Waals surface area (Å²) < 4.78 is 11.2. The molecule has 0 amide bonds. The number of hydrogen-bond acceptors (Lipinski definition) is 7. The Morgan fingerprint density at radius 3 is 2.03 bits per heavy atom. The van der Waals surface area contributed by atoms with Gasteiger partial charge in [0.25, 0.3) is 0 Å². The van der Waals surface area contributed by atoms with Crippen molar-refractivity contribution in [3.8, 4) is 40.1 Å². The number of phenols is 4. The van der Waals surface area contributed by atoms with E-state index in [9.17, 15) is 25.2 Å². The van der Waals surface area contributed by atoms with Gasteiger partial charge in [-0.2, -0.15) is 0 Å². The maximum Gasteiger partial charge on any atom is 0.200 e. The van der Waals surface area contributed by atoms with Crippen LogP contribution in [-0.4, -0.2) is 27.5 Å². The maximum atomic E-state index is 13.6. The maximum absolute atomic E-state index is 13.6. The summed E-state index contributed by atoms with van der Waals surface area (Å²) in [5, 5.41) is 41.9. The molecule has 0 saturated heterocycles. The van der Waals surface area contributed by atoms with E-state index in [1.165, 1.54) is 19.2 Å². The number of phenolic OH excluding ortho intramolecular Hbond substituents is 4. The first-order valence-electron chi connectivity index (χ1n) is 10.5. The van der Waals surface area contributed by atoms with Crippen molar-refractivity contribution in [3.63, 3.8) is 0 Å². The van der Waals surface area contributed by atoms with Crippen molar-refractivity contribution in [2.24, 2.45) is 0 Å². The molecular weight excluding hydrogens is 424 g/mol. The molecule has 0 radical (unpaired) electrons. The summed E-state index contributed by atoms with van der Waals surface area (Å²) in [6.07, 6.45) is 4.12. The van der Waals surface area contributed by atoms with Crippen LogP contribution < -0.4 is 10.2 Å². The number of hydrogen-bond donors (Lipinski definition) is 4. The summed E-state index contributed by atoms with van der Waals surface area (Å²) >= 11 is 0. The normalized spacial score (nSPS) is 10.8. The third kappa shape index (κ3) is 4.67. The summed E-state index contributed by atoms with van der Waals surface area (Å²) in [7, 11) is 1.35. The van der Waals surface area contributed by atoms with E-state index in [4.69, 9.17) is 9.15 Å². The Morgan fingerprint density at radius 1 is 0.848 bits per heavy atom. The first-order chi connectivity index (χ1) is 15.5. The molecule has 174 valence electrons. The third-order valence-electron chi connectivity index (χ3n) is 5.29. The molecule has 7 nitrogen and oxygen atoms in total. The molecular formula is C26H28O7. The summed E-state index contributed by atoms with van der Waals surface area (Å²) in [5.41, 5.74) is 2.08. The average Bonchev–Trinajstić information content (AvgIpc) is 2.73. The van der Waals surface area contributed by atoms with Crippen molar-refractivity contribution in [2.75, 3.05) is 7.11 Å². The Hall–Kier alpha value is -3.87. The Bertz CT molecular complexity index is 1340. The summed E-state index contributed by atoms with van der Waals surface area (Å²) in [5.74, 6) is -1.03. The smallest absolute Gasteiger partial charge is 0.200 e. The van der Waals surface area contributed by atoms with E-state index in [1.807, 2.05) is 39.8 Å². The minimum absolute atomic E-state index is 0.0145. The lowest BCUT2D eigenvalue weighted by atomic mass is 9.97. The molecule has 7 heteroatoms. The highest BCUT2D eigenvalue weighted by Crippen LogP contribution is 2.42. The van der Waals surface area contributed by atoms with Crippen LogP contribution in [0.1, 0.15) is 38.8 Å². The summed E-state index contributed by atoms with van der Waals surface area (Å²) in [6.45, 7) is 7.56. The number of benzene rings is 2. The van der Waals surface area contributed by atoms with E-state index in [0.717, 1.165) is 17.2 Å². The molecule has 0 spiro atoms. The zero-order valence-corrected chi connectivity index (χ0v) is 19.3. The van der Waals surface area contributed by atoms with E-state index in [2.05, 4.69) is 0 Å². The lowest BCUT2D eigenvalue weighted by Crippen LogP contribution is -2.12. The first kappa shape index (κ1) is 23.8. The minimum Gasteiger partial charge on any atom is -0.507 e. The van der Waals surface area contributed by atoms with Crippen LogP contribution in [0.25, 0.3) is 22.3 Å². The van der Waals surface area contributed by atoms with Crippen molar-refractivity contribution in [2.45, 2.75) is 40.5 Å². The Labute approximate surface area is 191 Å². The average molecular weight is 453 g/mol. The molecule has 0 aliphatic rings. The molecule has 0 aliphatic heterocycles. The van der Waals surface area contributed by atoms with E-state index in [0.29, 0.717) is 5.56 Å². The number of fused-ring (bicyclic) bond motifs is 1. The molecule has 1 aromatic heterocycles. The molecule has 2 aromatic carbocycles. The Balaban J connectivity index is 2.47. The lowest BCUT2D eigenvalue weighted by molar-refractivity contribution is 0.368. The van der Waals surface area contributed by atoms with Gasteiger partial charge in [0.1, 0.15) is 34.0 Å². The second kappa shape index (κ2) is 9.32. The van der Waals surface area contributed by atoms with Gasteiger partial charge in [-0.15, -0.1) is 0 Å². The highest BCUT2D eigenvalue weighted by molar-refractivity contribution is 5.91. The Morgan fingerprint density at radius 2 is 1.45 bits per heavy atom. The van der Waals surface area contributed by atoms with Gasteiger partial charge in [-0.1, -0.05) is 23.3 Å². The topological polar surface area (TPSA) is 120 Å². The van der Waals surface area contributed by atoms with Gasteiger partial charge in [-0.3, -0.25) is 4.79 Å². The molecule has 3 rings (SSSR count). The van der Waals surface area contributed by atoms with Crippen molar-refractivity contribution in [1.82, 2.24) is 0 Å². The van der Waals surface area contributed by atoms with Gasteiger partial charge in [0.2, 0.25) is 5.43 Å². The fraction of sp³-hybridized carbons (Fsp3) is 0.269. The second-order valence-electron chi connectivity index (χ2n) is 8.35. The van der Waals surface area contributed by atoms with Gasteiger partial charge in [0.05, 0.1) is 12.7 Å². The van der Waals surface area contributed by atoms with Crippen LogP contribution in [0.2, 0.25) is 0 Å². The van der Waals surface area contributed by atoms with Gasteiger partial charge < -0.3 is 29.6 Å². The lowest BCUT2D eigenvalue weighted by Gasteiger charge is -2.15. The van der Waals surface area contributed by atoms with E-state index >= 15 is 0 Å². The van der Waals surface area contributed by atoms with Gasteiger partial charge in [0, 0.05) is 23.3 Å². The van der Waals surface area contributed by atoms with Crippen molar-refractivity contribution < 1.29 is 29.6 Å². The number of allylic oxidation sites excluding steroid dienone is 4. The molecule has 33 heavy (non-hydrogen) atoms. The predicted molar refractivity (Wildman–Crippen MR) is 127 cm³/mol. The van der Waals surface area contributed by atoms with E-state index in [1.54, 1.807) is 0 Å². The molecule has 4 N–H and O–H groups in total. The summed E-state index contributed by atoms with van der Waals surface area (Å²) in [6, 6.07) is 3.61. The Kier molecular flexibility index (Phi) is 6.72. The fourth-order valence-electron chi connectivity index (χ4n) is 3.54. The molecule has 0 aliphatic carbocycles. The van der Waals surface area contributed by atoms with Crippen LogP contribution in [0.3, 0.4) is 0 Å². The molecule has 3 aromatic rings. The fourth-order valence-corrected chi connectivity index (χ4v) is 3.54. The van der Waals surface area contributed by atoms with Crippen LogP contribution in [0.4, 0.5) is 0 Å². The number of ether oxygens (including phenoxy) is 1. The highest BCUT2D eigenvalue weighted by atomic mass is 16.5. The largest absolute Gasteiger partial charge is 0.507 e. The first-order valence-corrected chi connectivity index (χ1v) is 10.5. The van der Waals surface area contributed by atoms with Crippen LogP contribution in [0, 0.1) is 0 Å². The highest BCUT2D eigenvalue weighted by Gasteiger charge is 2.24. The molecule has 0 fully saturated rings. The van der Waals surface area contributed by atoms with Gasteiger partial charge in [-0.05, 0) is 46.6 Å². The van der Waals surface area contributed by atoms with E-state index < -0.39 is 11.2 Å². The standard InChI is InChI=1S/C26H28O7/c1-13(2)6-8-15-18(27)11-21(30)23-24(31)16(9-7-14(3)4)25(33-26(15)23)17-10-20(29)22(32-5)12-19(17)28/h6-7,10-12,27-30H,8-9H2,1-5H3. The molecule has 0 atom stereocenters. The number of rotatable bonds is 6. The monoisotopic (exact) mass is 452 g/mol. The van der Waals surface area contributed by atoms with Crippen LogP contribution in [0.5, 0.6) is 28.7 Å². The number of methoxy groups -OCH3 is 1. The van der Waals surface area contributed by atoms with Crippen molar-refractivity contribution >= 4 is 11.0 Å². The van der Waals surface area contributed by atoms with Gasteiger partial charge in [0.15, 0.2) is 11.5 Å². The quantitative estimate of drug-likeness (QED) is 0.295. The summed E-state index contributed by atoms with van der Waals surface area (Å²) in [4.78, 5) is 13.6. The minimum atomic E-state index is -0.491. The van der Waals surface area contributed by atoms with Gasteiger partial charge in [-0.25, -0.2) is 0 Å². The van der Waals surface area contributed by atoms with Crippen molar-refractivity contribution in [3.05, 3.63) is 62.8 Å². The zero-order chi connectivity index (χ0) is 24.4. The molecule has 1 heterocycles. The van der Waals surface area contributed by atoms with Crippen molar-refractivity contribution in [1.29, 1.82) is 0 Å². The van der Waals surface area contributed by atoms with Gasteiger partial charge >= 0.3 is 0 Å². The molecule has 0 saturated carbocycles. The number of aromatic hydroxyl groups is 4. The van der Waals surface area contributed by atoms with E-state index in [-0.39, 0.29) is 63.7 Å². The third-order valence-corrected chi connectivity index (χ3v) is 5.29. The predicted octanol–water partition coefficient (Wildman–Crippen LogP) is 5.31. The zero-order valence-electron chi connectivity index (χ0n) is 19.3. The van der Waals surface area contributed by atoms with Crippen LogP contribution in [0.15, 0.2) is 50.7 Å². The SMILES string of the molecule is COc1cc(O)c(-c2oc3c(CC=C(C)C)c(O)cc(O)c3c(=O)c2CC=C(C)C)cc1O. The molecule has 0 bridgehead atoms.